The van der Waals surface area contributed by atoms with Gasteiger partial charge in [-0.25, -0.2) is 0 Å². The van der Waals surface area contributed by atoms with Crippen LogP contribution in [-0.4, -0.2) is 45.2 Å². The van der Waals surface area contributed by atoms with E-state index in [1.165, 1.54) is 51.6 Å². The number of likely N-dealkylation sites (tertiary alicyclic amines) is 1. The van der Waals surface area contributed by atoms with Crippen LogP contribution in [0.1, 0.15) is 38.5 Å². The normalized spacial score (nSPS) is 41.2. The van der Waals surface area contributed by atoms with E-state index in [4.69, 9.17) is 0 Å². The zero-order valence-corrected chi connectivity index (χ0v) is 11.3. The second kappa shape index (κ2) is 5.50. The third-order valence-electron chi connectivity index (χ3n) is 5.02. The van der Waals surface area contributed by atoms with Gasteiger partial charge < -0.3 is 9.80 Å². The van der Waals surface area contributed by atoms with Crippen molar-refractivity contribution in [3.05, 3.63) is 0 Å². The lowest BCUT2D eigenvalue weighted by atomic mass is 9.74. The van der Waals surface area contributed by atoms with Crippen molar-refractivity contribution in [2.45, 2.75) is 44.6 Å². The second-order valence-corrected chi connectivity index (χ2v) is 6.33. The molecule has 0 unspecified atom stereocenters. The molecule has 2 fully saturated rings. The van der Waals surface area contributed by atoms with Gasteiger partial charge in [0.15, 0.2) is 0 Å². The van der Waals surface area contributed by atoms with Crippen LogP contribution >= 0.6 is 0 Å². The maximum atomic E-state index is 2.43. The highest BCUT2D eigenvalue weighted by molar-refractivity contribution is 4.81. The number of nitrogens with one attached hydrogen (secondary N) is 1. The maximum absolute atomic E-state index is 2.43. The molecule has 2 heteroatoms. The fraction of sp³-hybridized carbons (Fsp3) is 1.00. The average molecular weight is 225 g/mol. The van der Waals surface area contributed by atoms with Crippen LogP contribution in [0.25, 0.3) is 0 Å². The van der Waals surface area contributed by atoms with E-state index in [9.17, 15) is 0 Å². The molecular formula is C14H29N2+. The minimum Gasteiger partial charge on any atom is -0.337 e. The number of nitrogens with zero attached hydrogens (tertiary/aromatic N) is 1. The van der Waals surface area contributed by atoms with Crippen LogP contribution in [-0.2, 0) is 0 Å². The Balaban J connectivity index is 1.76. The number of rotatable bonds is 2. The summed E-state index contributed by atoms with van der Waals surface area (Å²) in [5.74, 6) is 2.12. The SMILES string of the molecule is CN(C)C1CCC(C2CC[NH+](C)CC2)CC1. The summed E-state index contributed by atoms with van der Waals surface area (Å²) >= 11 is 0. The number of quaternary nitrogens is 1. The first kappa shape index (κ1) is 12.4. The Morgan fingerprint density at radius 3 is 1.81 bits per heavy atom. The molecule has 0 aromatic heterocycles. The van der Waals surface area contributed by atoms with E-state index in [-0.39, 0.29) is 0 Å². The van der Waals surface area contributed by atoms with Gasteiger partial charge in [-0.2, -0.15) is 0 Å². The highest BCUT2D eigenvalue weighted by Gasteiger charge is 2.31. The molecule has 1 heterocycles. The minimum absolute atomic E-state index is 0.869. The lowest BCUT2D eigenvalue weighted by Gasteiger charge is -2.38. The predicted molar refractivity (Wildman–Crippen MR) is 68.8 cm³/mol. The van der Waals surface area contributed by atoms with Crippen LogP contribution in [0.15, 0.2) is 0 Å². The van der Waals surface area contributed by atoms with Crippen LogP contribution in [0.4, 0.5) is 0 Å². The summed E-state index contributed by atoms with van der Waals surface area (Å²) in [6.45, 7) is 2.83. The highest BCUT2D eigenvalue weighted by atomic mass is 15.1. The summed E-state index contributed by atoms with van der Waals surface area (Å²) in [6, 6.07) is 0.869. The average Bonchev–Trinajstić information content (AvgIpc) is 2.30. The van der Waals surface area contributed by atoms with Gasteiger partial charge in [-0.1, -0.05) is 0 Å². The van der Waals surface area contributed by atoms with E-state index in [1.54, 1.807) is 4.90 Å². The molecule has 0 amide bonds. The molecule has 0 aromatic rings. The number of hydrogen-bond donors (Lipinski definition) is 1. The van der Waals surface area contributed by atoms with Crippen molar-refractivity contribution in [1.29, 1.82) is 0 Å². The van der Waals surface area contributed by atoms with Crippen LogP contribution in [0.5, 0.6) is 0 Å². The molecule has 1 aliphatic heterocycles. The van der Waals surface area contributed by atoms with Crippen LogP contribution in [0, 0.1) is 11.8 Å². The largest absolute Gasteiger partial charge is 0.337 e. The molecule has 0 spiro atoms. The van der Waals surface area contributed by atoms with Gasteiger partial charge in [0.25, 0.3) is 0 Å². The summed E-state index contributed by atoms with van der Waals surface area (Å²) in [5, 5.41) is 0. The van der Waals surface area contributed by atoms with Crippen molar-refractivity contribution in [2.24, 2.45) is 11.8 Å². The van der Waals surface area contributed by atoms with Gasteiger partial charge in [-0.05, 0) is 64.5 Å². The van der Waals surface area contributed by atoms with E-state index in [0.29, 0.717) is 0 Å². The maximum Gasteiger partial charge on any atom is 0.0771 e. The molecule has 1 N–H and O–H groups in total. The quantitative estimate of drug-likeness (QED) is 0.738. The Morgan fingerprint density at radius 1 is 0.812 bits per heavy atom. The van der Waals surface area contributed by atoms with Crippen molar-refractivity contribution in [1.82, 2.24) is 4.90 Å². The third-order valence-corrected chi connectivity index (χ3v) is 5.02. The lowest BCUT2D eigenvalue weighted by Crippen LogP contribution is -3.10. The molecule has 0 radical (unpaired) electrons. The van der Waals surface area contributed by atoms with Crippen LogP contribution < -0.4 is 4.90 Å². The molecule has 2 rings (SSSR count). The topological polar surface area (TPSA) is 7.68 Å². The molecule has 0 aromatic carbocycles. The van der Waals surface area contributed by atoms with E-state index in [0.717, 1.165) is 17.9 Å². The van der Waals surface area contributed by atoms with Gasteiger partial charge in [0.05, 0.1) is 20.1 Å². The fourth-order valence-corrected chi connectivity index (χ4v) is 3.69. The Bertz CT molecular complexity index is 199. The second-order valence-electron chi connectivity index (χ2n) is 6.33. The zero-order valence-electron chi connectivity index (χ0n) is 11.3. The van der Waals surface area contributed by atoms with Gasteiger partial charge in [0.1, 0.15) is 0 Å². The van der Waals surface area contributed by atoms with Crippen molar-refractivity contribution in [3.8, 4) is 0 Å². The summed E-state index contributed by atoms with van der Waals surface area (Å²) in [6.07, 6.45) is 8.85. The van der Waals surface area contributed by atoms with E-state index in [1.807, 2.05) is 0 Å². The molecule has 2 aliphatic rings. The number of hydrogen-bond acceptors (Lipinski definition) is 1. The summed E-state index contributed by atoms with van der Waals surface area (Å²) in [5.41, 5.74) is 0. The Hall–Kier alpha value is -0.0800. The monoisotopic (exact) mass is 225 g/mol. The van der Waals surface area contributed by atoms with Gasteiger partial charge >= 0.3 is 0 Å². The standard InChI is InChI=1S/C14H28N2/c1-15(2)14-6-4-12(5-7-14)13-8-10-16(3)11-9-13/h12-14H,4-11H2,1-3H3/p+1. The molecule has 16 heavy (non-hydrogen) atoms. The highest BCUT2D eigenvalue weighted by Crippen LogP contribution is 2.35. The smallest absolute Gasteiger partial charge is 0.0771 e. The summed E-state index contributed by atoms with van der Waals surface area (Å²) in [4.78, 5) is 4.17. The molecular weight excluding hydrogens is 196 g/mol. The Kier molecular flexibility index (Phi) is 4.26. The first-order valence-corrected chi connectivity index (χ1v) is 7.14. The van der Waals surface area contributed by atoms with Crippen LogP contribution in [0.3, 0.4) is 0 Å². The Morgan fingerprint density at radius 2 is 1.31 bits per heavy atom. The first-order valence-electron chi connectivity index (χ1n) is 7.14. The third kappa shape index (κ3) is 2.98. The van der Waals surface area contributed by atoms with Gasteiger partial charge in [0.2, 0.25) is 0 Å². The van der Waals surface area contributed by atoms with Crippen molar-refractivity contribution < 1.29 is 4.90 Å². The zero-order chi connectivity index (χ0) is 11.5. The van der Waals surface area contributed by atoms with Gasteiger partial charge in [-0.3, -0.25) is 0 Å². The summed E-state index contributed by atoms with van der Waals surface area (Å²) in [7, 11) is 6.83. The molecule has 0 bridgehead atoms. The van der Waals surface area contributed by atoms with Crippen molar-refractivity contribution >= 4 is 0 Å². The molecule has 1 saturated carbocycles. The van der Waals surface area contributed by atoms with E-state index in [2.05, 4.69) is 26.0 Å². The minimum atomic E-state index is 0.869. The van der Waals surface area contributed by atoms with Crippen molar-refractivity contribution in [3.63, 3.8) is 0 Å². The van der Waals surface area contributed by atoms with Gasteiger partial charge in [-0.15, -0.1) is 0 Å². The molecule has 1 aliphatic carbocycles. The molecule has 2 nitrogen and oxygen atoms in total. The molecule has 0 atom stereocenters. The van der Waals surface area contributed by atoms with E-state index < -0.39 is 0 Å². The van der Waals surface area contributed by atoms with Crippen molar-refractivity contribution in [2.75, 3.05) is 34.2 Å². The summed E-state index contributed by atoms with van der Waals surface area (Å²) < 4.78 is 0. The predicted octanol–water partition coefficient (Wildman–Crippen LogP) is 1.03. The molecule has 94 valence electrons. The Labute approximate surface area is 101 Å². The molecule has 1 saturated heterocycles. The van der Waals surface area contributed by atoms with Crippen LogP contribution in [0.2, 0.25) is 0 Å². The lowest BCUT2D eigenvalue weighted by molar-refractivity contribution is -0.886. The van der Waals surface area contributed by atoms with Gasteiger partial charge in [0, 0.05) is 6.04 Å². The fourth-order valence-electron chi connectivity index (χ4n) is 3.69. The van der Waals surface area contributed by atoms with E-state index >= 15 is 0 Å². The first-order chi connectivity index (χ1) is 7.66. The number of piperidine rings is 1.